The fourth-order valence-electron chi connectivity index (χ4n) is 2.36. The summed E-state index contributed by atoms with van der Waals surface area (Å²) >= 11 is 0. The zero-order valence-corrected chi connectivity index (χ0v) is 12.6. The quantitative estimate of drug-likeness (QED) is 0.898. The standard InChI is InChI=1S/C13H19N3O.2ClH/c1-9-5-6-11(8-15-9)13(17)16-12-4-2-3-10(12)7-14;;/h5-6,8,10,12H,2-4,7,14H2,1H3,(H,16,17);2*1H. The van der Waals surface area contributed by atoms with Crippen LogP contribution in [0.2, 0.25) is 0 Å². The average molecular weight is 306 g/mol. The lowest BCUT2D eigenvalue weighted by Gasteiger charge is -2.19. The van der Waals surface area contributed by atoms with Gasteiger partial charge in [-0.2, -0.15) is 0 Å². The van der Waals surface area contributed by atoms with Gasteiger partial charge < -0.3 is 11.1 Å². The molecule has 1 amide bonds. The minimum Gasteiger partial charge on any atom is -0.349 e. The molecule has 0 bridgehead atoms. The van der Waals surface area contributed by atoms with Crippen LogP contribution in [0.15, 0.2) is 18.3 Å². The number of nitrogens with one attached hydrogen (secondary N) is 1. The molecule has 6 heteroatoms. The summed E-state index contributed by atoms with van der Waals surface area (Å²) in [6.07, 6.45) is 4.93. The van der Waals surface area contributed by atoms with Crippen LogP contribution in [-0.2, 0) is 0 Å². The van der Waals surface area contributed by atoms with Crippen LogP contribution in [0.3, 0.4) is 0 Å². The summed E-state index contributed by atoms with van der Waals surface area (Å²) < 4.78 is 0. The molecule has 1 fully saturated rings. The number of nitrogens with zero attached hydrogens (tertiary/aromatic N) is 1. The number of hydrogen-bond acceptors (Lipinski definition) is 3. The third-order valence-electron chi connectivity index (χ3n) is 3.45. The van der Waals surface area contributed by atoms with Crippen molar-refractivity contribution in [1.82, 2.24) is 10.3 Å². The van der Waals surface area contributed by atoms with Crippen molar-refractivity contribution in [2.75, 3.05) is 6.54 Å². The molecule has 0 aliphatic heterocycles. The Morgan fingerprint density at radius 1 is 1.42 bits per heavy atom. The second-order valence-corrected chi connectivity index (χ2v) is 4.69. The fraction of sp³-hybridized carbons (Fsp3) is 0.538. The molecule has 2 unspecified atom stereocenters. The Morgan fingerprint density at radius 2 is 2.16 bits per heavy atom. The van der Waals surface area contributed by atoms with Crippen molar-refractivity contribution < 1.29 is 4.79 Å². The SMILES string of the molecule is Cc1ccc(C(=O)NC2CCCC2CN)cn1.Cl.Cl. The first-order valence-electron chi connectivity index (χ1n) is 6.14. The molecule has 19 heavy (non-hydrogen) atoms. The number of carbonyl (C=O) groups is 1. The molecule has 0 spiro atoms. The van der Waals surface area contributed by atoms with E-state index in [1.54, 1.807) is 6.20 Å². The number of amides is 1. The van der Waals surface area contributed by atoms with Crippen molar-refractivity contribution in [1.29, 1.82) is 0 Å². The van der Waals surface area contributed by atoms with Gasteiger partial charge in [-0.25, -0.2) is 0 Å². The smallest absolute Gasteiger partial charge is 0.253 e. The molecule has 3 N–H and O–H groups in total. The number of aromatic nitrogens is 1. The molecule has 1 aliphatic rings. The van der Waals surface area contributed by atoms with Gasteiger partial charge in [-0.15, -0.1) is 24.8 Å². The zero-order chi connectivity index (χ0) is 12.3. The monoisotopic (exact) mass is 305 g/mol. The molecule has 108 valence electrons. The van der Waals surface area contributed by atoms with Gasteiger partial charge in [0.25, 0.3) is 5.91 Å². The van der Waals surface area contributed by atoms with E-state index in [-0.39, 0.29) is 36.8 Å². The molecule has 4 nitrogen and oxygen atoms in total. The summed E-state index contributed by atoms with van der Waals surface area (Å²) in [7, 11) is 0. The molecule has 2 atom stereocenters. The maximum atomic E-state index is 12.0. The lowest BCUT2D eigenvalue weighted by atomic mass is 10.0. The number of halogens is 2. The third kappa shape index (κ3) is 4.64. The van der Waals surface area contributed by atoms with Gasteiger partial charge in [0, 0.05) is 17.9 Å². The summed E-state index contributed by atoms with van der Waals surface area (Å²) in [5, 5.41) is 3.06. The number of hydrogen-bond donors (Lipinski definition) is 2. The van der Waals surface area contributed by atoms with Crippen LogP contribution in [0.25, 0.3) is 0 Å². The number of nitrogens with two attached hydrogens (primary N) is 1. The highest BCUT2D eigenvalue weighted by molar-refractivity contribution is 5.94. The maximum absolute atomic E-state index is 12.0. The van der Waals surface area contributed by atoms with Crippen molar-refractivity contribution in [2.45, 2.75) is 32.2 Å². The Bertz CT molecular complexity index is 397. The summed E-state index contributed by atoms with van der Waals surface area (Å²) in [6.45, 7) is 2.56. The van der Waals surface area contributed by atoms with Crippen LogP contribution in [0.1, 0.15) is 35.3 Å². The van der Waals surface area contributed by atoms with Crippen molar-refractivity contribution in [3.05, 3.63) is 29.6 Å². The predicted octanol–water partition coefficient (Wildman–Crippen LogP) is 2.09. The lowest BCUT2D eigenvalue weighted by Crippen LogP contribution is -2.39. The summed E-state index contributed by atoms with van der Waals surface area (Å²) in [6, 6.07) is 3.89. The first kappa shape index (κ1) is 18.2. The Labute approximate surface area is 126 Å². The number of pyridine rings is 1. The molecular weight excluding hydrogens is 285 g/mol. The molecule has 2 rings (SSSR count). The van der Waals surface area contributed by atoms with Crippen LogP contribution < -0.4 is 11.1 Å². The molecule has 1 heterocycles. The molecule has 1 aliphatic carbocycles. The number of aryl methyl sites for hydroxylation is 1. The molecule has 1 aromatic heterocycles. The minimum absolute atomic E-state index is 0. The summed E-state index contributed by atoms with van der Waals surface area (Å²) in [4.78, 5) is 16.1. The molecule has 0 aromatic carbocycles. The van der Waals surface area contributed by atoms with Crippen molar-refractivity contribution >= 4 is 30.7 Å². The van der Waals surface area contributed by atoms with Gasteiger partial charge in [0.2, 0.25) is 0 Å². The topological polar surface area (TPSA) is 68.0 Å². The van der Waals surface area contributed by atoms with Gasteiger partial charge in [-0.05, 0) is 44.4 Å². The average Bonchev–Trinajstić information content (AvgIpc) is 2.77. The molecule has 1 saturated carbocycles. The fourth-order valence-corrected chi connectivity index (χ4v) is 2.36. The molecule has 1 aromatic rings. The van der Waals surface area contributed by atoms with E-state index >= 15 is 0 Å². The van der Waals surface area contributed by atoms with E-state index in [9.17, 15) is 4.79 Å². The van der Waals surface area contributed by atoms with Gasteiger partial charge in [0.1, 0.15) is 0 Å². The summed E-state index contributed by atoms with van der Waals surface area (Å²) in [5.41, 5.74) is 7.24. The molecule has 0 radical (unpaired) electrons. The Balaban J connectivity index is 0.00000162. The normalized spacial score (nSPS) is 21.2. The highest BCUT2D eigenvalue weighted by atomic mass is 35.5. The molecular formula is C13H21Cl2N3O. The first-order valence-corrected chi connectivity index (χ1v) is 6.14. The molecule has 0 saturated heterocycles. The Kier molecular flexibility index (Phi) is 7.99. The van der Waals surface area contributed by atoms with Gasteiger partial charge >= 0.3 is 0 Å². The van der Waals surface area contributed by atoms with E-state index < -0.39 is 0 Å². The van der Waals surface area contributed by atoms with Crippen LogP contribution in [0.5, 0.6) is 0 Å². The van der Waals surface area contributed by atoms with Crippen molar-refractivity contribution in [3.8, 4) is 0 Å². The number of carbonyl (C=O) groups excluding carboxylic acids is 1. The second-order valence-electron chi connectivity index (χ2n) is 4.69. The highest BCUT2D eigenvalue weighted by Crippen LogP contribution is 2.24. The minimum atomic E-state index is -0.0390. The van der Waals surface area contributed by atoms with Crippen LogP contribution in [-0.4, -0.2) is 23.5 Å². The van der Waals surface area contributed by atoms with Crippen molar-refractivity contribution in [2.24, 2.45) is 11.7 Å². The van der Waals surface area contributed by atoms with Gasteiger partial charge in [0.05, 0.1) is 5.56 Å². The van der Waals surface area contributed by atoms with Crippen molar-refractivity contribution in [3.63, 3.8) is 0 Å². The van der Waals surface area contributed by atoms with Gasteiger partial charge in [-0.3, -0.25) is 9.78 Å². The van der Waals surface area contributed by atoms with E-state index in [2.05, 4.69) is 10.3 Å². The highest BCUT2D eigenvalue weighted by Gasteiger charge is 2.27. The van der Waals surface area contributed by atoms with Gasteiger partial charge in [0.15, 0.2) is 0 Å². The van der Waals surface area contributed by atoms with Crippen LogP contribution in [0, 0.1) is 12.8 Å². The lowest BCUT2D eigenvalue weighted by molar-refractivity contribution is 0.0928. The predicted molar refractivity (Wildman–Crippen MR) is 81.1 cm³/mol. The van der Waals surface area contributed by atoms with E-state index in [0.717, 1.165) is 25.0 Å². The van der Waals surface area contributed by atoms with E-state index in [1.807, 2.05) is 19.1 Å². The summed E-state index contributed by atoms with van der Waals surface area (Å²) in [5.74, 6) is 0.389. The second kappa shape index (κ2) is 8.35. The van der Waals surface area contributed by atoms with E-state index in [4.69, 9.17) is 5.73 Å². The third-order valence-corrected chi connectivity index (χ3v) is 3.45. The van der Waals surface area contributed by atoms with E-state index in [0.29, 0.717) is 18.0 Å². The maximum Gasteiger partial charge on any atom is 0.253 e. The van der Waals surface area contributed by atoms with Crippen LogP contribution in [0.4, 0.5) is 0 Å². The first-order chi connectivity index (χ1) is 8.20. The Hall–Kier alpha value is -0.840. The largest absolute Gasteiger partial charge is 0.349 e. The van der Waals surface area contributed by atoms with E-state index in [1.165, 1.54) is 0 Å². The zero-order valence-electron chi connectivity index (χ0n) is 11.0. The van der Waals surface area contributed by atoms with Crippen LogP contribution >= 0.6 is 24.8 Å². The number of rotatable bonds is 3. The Morgan fingerprint density at radius 3 is 2.74 bits per heavy atom. The van der Waals surface area contributed by atoms with Gasteiger partial charge in [-0.1, -0.05) is 6.42 Å².